The second-order valence-corrected chi connectivity index (χ2v) is 3.64. The van der Waals surface area contributed by atoms with Crippen LogP contribution in [-0.2, 0) is 6.42 Å². The number of rotatable bonds is 3. The highest BCUT2D eigenvalue weighted by molar-refractivity contribution is 5.85. The predicted octanol–water partition coefficient (Wildman–Crippen LogP) is 1.31. The van der Waals surface area contributed by atoms with Gasteiger partial charge in [-0.2, -0.15) is 4.98 Å². The van der Waals surface area contributed by atoms with Crippen LogP contribution in [0.4, 0.5) is 0 Å². The van der Waals surface area contributed by atoms with E-state index in [9.17, 15) is 4.79 Å². The predicted molar refractivity (Wildman–Crippen MR) is 60.6 cm³/mol. The summed E-state index contributed by atoms with van der Waals surface area (Å²) in [6.07, 6.45) is 2.23. The maximum absolute atomic E-state index is 10.9. The number of carboxylic acid groups (broad SMARTS) is 1. The van der Waals surface area contributed by atoms with Crippen LogP contribution in [-0.4, -0.2) is 32.6 Å². The van der Waals surface area contributed by atoms with Crippen LogP contribution in [0.1, 0.15) is 28.7 Å². The molecule has 0 amide bonds. The van der Waals surface area contributed by atoms with Crippen LogP contribution in [0.5, 0.6) is 5.88 Å². The van der Waals surface area contributed by atoms with Gasteiger partial charge in [0.1, 0.15) is 0 Å². The third-order valence-corrected chi connectivity index (χ3v) is 2.71. The van der Waals surface area contributed by atoms with Crippen molar-refractivity contribution in [1.82, 2.24) is 14.4 Å². The molecule has 2 heterocycles. The van der Waals surface area contributed by atoms with Crippen LogP contribution in [0.3, 0.4) is 0 Å². The van der Waals surface area contributed by atoms with Gasteiger partial charge in [0.05, 0.1) is 7.11 Å². The molecule has 0 aliphatic carbocycles. The maximum atomic E-state index is 10.9. The third kappa shape index (κ3) is 1.71. The number of aromatic nitrogens is 3. The molecule has 0 spiro atoms. The SMILES string of the molecule is CCc1c(OC)nc2nc(C(=O)O)cn2c1C. The molecule has 0 saturated carbocycles. The average molecular weight is 235 g/mol. The fraction of sp³-hybridized carbons (Fsp3) is 0.364. The molecule has 0 aliphatic heterocycles. The smallest absolute Gasteiger partial charge is 0.356 e. The van der Waals surface area contributed by atoms with Gasteiger partial charge in [-0.1, -0.05) is 6.92 Å². The van der Waals surface area contributed by atoms with Gasteiger partial charge < -0.3 is 9.84 Å². The number of imidazole rings is 1. The van der Waals surface area contributed by atoms with E-state index in [0.29, 0.717) is 11.7 Å². The van der Waals surface area contributed by atoms with Gasteiger partial charge in [0.25, 0.3) is 0 Å². The van der Waals surface area contributed by atoms with Crippen molar-refractivity contribution in [3.05, 3.63) is 23.1 Å². The Bertz CT molecular complexity index is 589. The molecule has 0 aliphatic rings. The normalized spacial score (nSPS) is 10.8. The van der Waals surface area contributed by atoms with Crippen molar-refractivity contribution in [2.75, 3.05) is 7.11 Å². The molecule has 6 nitrogen and oxygen atoms in total. The lowest BCUT2D eigenvalue weighted by molar-refractivity contribution is 0.0691. The van der Waals surface area contributed by atoms with Crippen LogP contribution in [0.25, 0.3) is 5.78 Å². The van der Waals surface area contributed by atoms with E-state index in [1.165, 1.54) is 6.20 Å². The van der Waals surface area contributed by atoms with Crippen molar-refractivity contribution in [3.8, 4) is 5.88 Å². The molecule has 17 heavy (non-hydrogen) atoms. The van der Waals surface area contributed by atoms with E-state index in [1.54, 1.807) is 11.5 Å². The summed E-state index contributed by atoms with van der Waals surface area (Å²) in [6, 6.07) is 0. The van der Waals surface area contributed by atoms with E-state index in [-0.39, 0.29) is 5.69 Å². The summed E-state index contributed by atoms with van der Waals surface area (Å²) >= 11 is 0. The van der Waals surface area contributed by atoms with Crippen LogP contribution in [0, 0.1) is 6.92 Å². The summed E-state index contributed by atoms with van der Waals surface area (Å²) in [4.78, 5) is 19.0. The van der Waals surface area contributed by atoms with E-state index in [4.69, 9.17) is 9.84 Å². The van der Waals surface area contributed by atoms with E-state index in [2.05, 4.69) is 9.97 Å². The van der Waals surface area contributed by atoms with Gasteiger partial charge in [0.2, 0.25) is 11.7 Å². The van der Waals surface area contributed by atoms with Crippen LogP contribution in [0.15, 0.2) is 6.20 Å². The van der Waals surface area contributed by atoms with E-state index in [0.717, 1.165) is 17.7 Å². The fourth-order valence-electron chi connectivity index (χ4n) is 1.83. The number of aryl methyl sites for hydroxylation is 1. The Hall–Kier alpha value is -2.11. The number of methoxy groups -OCH3 is 1. The van der Waals surface area contributed by atoms with Gasteiger partial charge in [-0.05, 0) is 13.3 Å². The minimum atomic E-state index is -1.06. The second-order valence-electron chi connectivity index (χ2n) is 3.64. The maximum Gasteiger partial charge on any atom is 0.356 e. The molecule has 2 rings (SSSR count). The zero-order valence-corrected chi connectivity index (χ0v) is 9.89. The van der Waals surface area contributed by atoms with Crippen LogP contribution in [0.2, 0.25) is 0 Å². The molecular weight excluding hydrogens is 222 g/mol. The zero-order valence-electron chi connectivity index (χ0n) is 9.89. The van der Waals surface area contributed by atoms with Crippen LogP contribution >= 0.6 is 0 Å². The van der Waals surface area contributed by atoms with Crippen molar-refractivity contribution in [3.63, 3.8) is 0 Å². The van der Waals surface area contributed by atoms with E-state index >= 15 is 0 Å². The largest absolute Gasteiger partial charge is 0.481 e. The molecule has 6 heteroatoms. The Morgan fingerprint density at radius 1 is 1.53 bits per heavy atom. The second kappa shape index (κ2) is 4.04. The lowest BCUT2D eigenvalue weighted by Gasteiger charge is -2.10. The Kier molecular flexibility index (Phi) is 2.71. The number of carboxylic acids is 1. The number of carbonyl (C=O) groups is 1. The monoisotopic (exact) mass is 235 g/mol. The summed E-state index contributed by atoms with van der Waals surface area (Å²) in [5.41, 5.74) is 1.83. The van der Waals surface area contributed by atoms with Crippen molar-refractivity contribution >= 4 is 11.7 Å². The van der Waals surface area contributed by atoms with E-state index in [1.807, 2.05) is 13.8 Å². The summed E-state index contributed by atoms with van der Waals surface area (Å²) in [6.45, 7) is 3.89. The van der Waals surface area contributed by atoms with Gasteiger partial charge >= 0.3 is 5.97 Å². The molecule has 0 fully saturated rings. The van der Waals surface area contributed by atoms with Gasteiger partial charge in [0, 0.05) is 17.5 Å². The van der Waals surface area contributed by atoms with Crippen LogP contribution < -0.4 is 4.74 Å². The number of hydrogen-bond donors (Lipinski definition) is 1. The molecule has 1 N–H and O–H groups in total. The number of hydrogen-bond acceptors (Lipinski definition) is 4. The fourth-order valence-corrected chi connectivity index (χ4v) is 1.83. The standard InChI is InChI=1S/C11H13N3O3/c1-4-7-6(2)14-5-8(10(15)16)12-11(14)13-9(7)17-3/h5H,4H2,1-3H3,(H,15,16). The molecule has 2 aromatic rings. The summed E-state index contributed by atoms with van der Waals surface area (Å²) in [7, 11) is 1.54. The van der Waals surface area contributed by atoms with Crippen molar-refractivity contribution in [2.24, 2.45) is 0 Å². The highest BCUT2D eigenvalue weighted by atomic mass is 16.5. The van der Waals surface area contributed by atoms with Gasteiger partial charge in [-0.3, -0.25) is 4.40 Å². The van der Waals surface area contributed by atoms with Gasteiger partial charge in [-0.15, -0.1) is 0 Å². The Morgan fingerprint density at radius 3 is 2.76 bits per heavy atom. The lowest BCUT2D eigenvalue weighted by Crippen LogP contribution is -2.03. The quantitative estimate of drug-likeness (QED) is 0.867. The van der Waals surface area contributed by atoms with Gasteiger partial charge in [-0.25, -0.2) is 9.78 Å². The Balaban J connectivity index is 2.76. The minimum Gasteiger partial charge on any atom is -0.481 e. The third-order valence-electron chi connectivity index (χ3n) is 2.71. The summed E-state index contributed by atoms with van der Waals surface area (Å²) in [5.74, 6) is -0.221. The highest BCUT2D eigenvalue weighted by Crippen LogP contribution is 2.21. The molecule has 0 saturated heterocycles. The lowest BCUT2D eigenvalue weighted by atomic mass is 10.2. The highest BCUT2D eigenvalue weighted by Gasteiger charge is 2.15. The zero-order chi connectivity index (χ0) is 12.6. The van der Waals surface area contributed by atoms with Crippen molar-refractivity contribution < 1.29 is 14.6 Å². The first kappa shape index (κ1) is 11.4. The number of ether oxygens (including phenoxy) is 1. The molecule has 0 aromatic carbocycles. The Morgan fingerprint density at radius 2 is 2.24 bits per heavy atom. The van der Waals surface area contributed by atoms with Gasteiger partial charge in [0.15, 0.2) is 5.69 Å². The summed E-state index contributed by atoms with van der Waals surface area (Å²) < 4.78 is 6.85. The first-order chi connectivity index (χ1) is 8.08. The van der Waals surface area contributed by atoms with Crippen molar-refractivity contribution in [2.45, 2.75) is 20.3 Å². The summed E-state index contributed by atoms with van der Waals surface area (Å²) in [5, 5.41) is 8.89. The molecule has 90 valence electrons. The Labute approximate surface area is 97.9 Å². The van der Waals surface area contributed by atoms with Crippen molar-refractivity contribution in [1.29, 1.82) is 0 Å². The molecule has 0 unspecified atom stereocenters. The number of aromatic carboxylic acids is 1. The molecule has 0 bridgehead atoms. The minimum absolute atomic E-state index is 0.0177. The first-order valence-electron chi connectivity index (χ1n) is 5.24. The first-order valence-corrected chi connectivity index (χ1v) is 5.24. The van der Waals surface area contributed by atoms with E-state index < -0.39 is 5.97 Å². The molecule has 0 atom stereocenters. The molecule has 2 aromatic heterocycles. The average Bonchev–Trinajstić information content (AvgIpc) is 2.73. The molecule has 0 radical (unpaired) electrons. The number of fused-ring (bicyclic) bond motifs is 1. The number of nitrogens with zero attached hydrogens (tertiary/aromatic N) is 3. The topological polar surface area (TPSA) is 76.7 Å². The molecular formula is C11H13N3O3.